The maximum absolute atomic E-state index is 4.40. The van der Waals surface area contributed by atoms with Crippen LogP contribution in [0.15, 0.2) is 54.7 Å². The maximum atomic E-state index is 4.40. The standard InChI is InChI=1S/C23H29N5/c1-2-8-18(9-3-1)15-27-16-19-10-4-5-11-21(20(19)17-27)24-14-23-26-25-22-12-6-7-13-28(22)23/h1-3,6-9,12-13,19-21,24H,4-5,10-11,14-17H2/t19-,20-,21-/m0/s1. The Morgan fingerprint density at radius 2 is 1.79 bits per heavy atom. The van der Waals surface area contributed by atoms with Crippen molar-refractivity contribution in [2.45, 2.75) is 44.8 Å². The Morgan fingerprint density at radius 3 is 2.71 bits per heavy atom. The fourth-order valence-electron chi connectivity index (χ4n) is 5.19. The van der Waals surface area contributed by atoms with Crippen LogP contribution in [-0.4, -0.2) is 38.6 Å². The average Bonchev–Trinajstić information content (AvgIpc) is 3.27. The minimum Gasteiger partial charge on any atom is -0.307 e. The Morgan fingerprint density at radius 1 is 0.929 bits per heavy atom. The number of benzene rings is 1. The van der Waals surface area contributed by atoms with Crippen molar-refractivity contribution in [2.24, 2.45) is 11.8 Å². The minimum absolute atomic E-state index is 0.573. The summed E-state index contributed by atoms with van der Waals surface area (Å²) >= 11 is 0. The van der Waals surface area contributed by atoms with Gasteiger partial charge in [-0.25, -0.2) is 0 Å². The van der Waals surface area contributed by atoms with Gasteiger partial charge in [0.05, 0.1) is 6.54 Å². The van der Waals surface area contributed by atoms with E-state index in [1.807, 2.05) is 18.2 Å². The van der Waals surface area contributed by atoms with Crippen molar-refractivity contribution >= 4 is 5.65 Å². The van der Waals surface area contributed by atoms with Gasteiger partial charge < -0.3 is 5.32 Å². The number of pyridine rings is 1. The molecule has 0 amide bonds. The van der Waals surface area contributed by atoms with Gasteiger partial charge in [-0.05, 0) is 42.4 Å². The molecule has 0 spiro atoms. The molecule has 0 bridgehead atoms. The van der Waals surface area contributed by atoms with Crippen molar-refractivity contribution in [2.75, 3.05) is 13.1 Å². The molecule has 5 nitrogen and oxygen atoms in total. The third kappa shape index (κ3) is 3.69. The normalized spacial score (nSPS) is 25.6. The van der Waals surface area contributed by atoms with Crippen molar-refractivity contribution in [3.05, 3.63) is 66.1 Å². The molecule has 5 heteroatoms. The number of fused-ring (bicyclic) bond motifs is 2. The highest BCUT2D eigenvalue weighted by atomic mass is 15.3. The summed E-state index contributed by atoms with van der Waals surface area (Å²) in [6, 6.07) is 17.5. The van der Waals surface area contributed by atoms with Crippen molar-refractivity contribution in [1.82, 2.24) is 24.8 Å². The average molecular weight is 376 g/mol. The summed E-state index contributed by atoms with van der Waals surface area (Å²) < 4.78 is 2.09. The molecule has 3 atom stereocenters. The van der Waals surface area contributed by atoms with E-state index in [-0.39, 0.29) is 0 Å². The van der Waals surface area contributed by atoms with Crippen LogP contribution in [0, 0.1) is 11.8 Å². The number of rotatable bonds is 5. The lowest BCUT2D eigenvalue weighted by atomic mass is 9.88. The molecule has 1 N–H and O–H groups in total. The van der Waals surface area contributed by atoms with Gasteiger partial charge in [0.1, 0.15) is 0 Å². The van der Waals surface area contributed by atoms with Crippen LogP contribution in [0.2, 0.25) is 0 Å². The number of hydrogen-bond donors (Lipinski definition) is 1. The molecule has 2 aromatic heterocycles. The Kier molecular flexibility index (Phi) is 5.10. The summed E-state index contributed by atoms with van der Waals surface area (Å²) in [5, 5.41) is 12.6. The second-order valence-corrected chi connectivity index (χ2v) is 8.42. The Bertz CT molecular complexity index is 906. The molecule has 28 heavy (non-hydrogen) atoms. The third-order valence-electron chi connectivity index (χ3n) is 6.58. The third-order valence-corrected chi connectivity index (χ3v) is 6.58. The van der Waals surface area contributed by atoms with Crippen molar-refractivity contribution in [3.63, 3.8) is 0 Å². The summed E-state index contributed by atoms with van der Waals surface area (Å²) in [7, 11) is 0. The quantitative estimate of drug-likeness (QED) is 0.741. The summed E-state index contributed by atoms with van der Waals surface area (Å²) in [4.78, 5) is 2.66. The molecule has 1 saturated carbocycles. The Labute approximate surface area is 166 Å². The van der Waals surface area contributed by atoms with Crippen LogP contribution in [0.5, 0.6) is 0 Å². The van der Waals surface area contributed by atoms with E-state index in [1.165, 1.54) is 44.3 Å². The first kappa shape index (κ1) is 17.8. The molecule has 2 aliphatic rings. The second kappa shape index (κ2) is 8.02. The fourth-order valence-corrected chi connectivity index (χ4v) is 5.19. The van der Waals surface area contributed by atoms with Gasteiger partial charge in [0.15, 0.2) is 11.5 Å². The first-order chi connectivity index (χ1) is 13.9. The van der Waals surface area contributed by atoms with Crippen LogP contribution in [-0.2, 0) is 13.1 Å². The van der Waals surface area contributed by atoms with Gasteiger partial charge in [0.25, 0.3) is 0 Å². The van der Waals surface area contributed by atoms with E-state index in [4.69, 9.17) is 0 Å². The van der Waals surface area contributed by atoms with Crippen LogP contribution in [0.4, 0.5) is 0 Å². The highest BCUT2D eigenvalue weighted by Crippen LogP contribution is 2.36. The summed E-state index contributed by atoms with van der Waals surface area (Å²) in [6.07, 6.45) is 7.41. The van der Waals surface area contributed by atoms with Crippen LogP contribution < -0.4 is 5.32 Å². The first-order valence-electron chi connectivity index (χ1n) is 10.6. The van der Waals surface area contributed by atoms with Crippen molar-refractivity contribution < 1.29 is 0 Å². The van der Waals surface area contributed by atoms with Crippen molar-refractivity contribution in [1.29, 1.82) is 0 Å². The molecule has 0 radical (unpaired) electrons. The molecule has 2 fully saturated rings. The summed E-state index contributed by atoms with van der Waals surface area (Å²) in [5.74, 6) is 2.57. The minimum atomic E-state index is 0.573. The Balaban J connectivity index is 1.26. The van der Waals surface area contributed by atoms with Crippen molar-refractivity contribution in [3.8, 4) is 0 Å². The van der Waals surface area contributed by atoms with Gasteiger partial charge in [-0.2, -0.15) is 0 Å². The molecule has 3 heterocycles. The molecule has 5 rings (SSSR count). The van der Waals surface area contributed by atoms with Crippen LogP contribution in [0.25, 0.3) is 5.65 Å². The van der Waals surface area contributed by atoms with Crippen LogP contribution in [0.3, 0.4) is 0 Å². The zero-order valence-corrected chi connectivity index (χ0v) is 16.4. The fraction of sp³-hybridized carbons (Fsp3) is 0.478. The highest BCUT2D eigenvalue weighted by molar-refractivity contribution is 5.36. The van der Waals surface area contributed by atoms with Crippen LogP contribution >= 0.6 is 0 Å². The predicted molar refractivity (Wildman–Crippen MR) is 111 cm³/mol. The zero-order valence-electron chi connectivity index (χ0n) is 16.4. The van der Waals surface area contributed by atoms with Gasteiger partial charge >= 0.3 is 0 Å². The largest absolute Gasteiger partial charge is 0.307 e. The van der Waals surface area contributed by atoms with Gasteiger partial charge in [0, 0.05) is 31.9 Å². The number of nitrogens with zero attached hydrogens (tertiary/aromatic N) is 4. The summed E-state index contributed by atoms with van der Waals surface area (Å²) in [5.41, 5.74) is 2.35. The number of nitrogens with one attached hydrogen (secondary N) is 1. The van der Waals surface area contributed by atoms with Crippen LogP contribution in [0.1, 0.15) is 37.1 Å². The van der Waals surface area contributed by atoms with Gasteiger partial charge in [-0.15, -0.1) is 10.2 Å². The topological polar surface area (TPSA) is 45.5 Å². The molecule has 1 saturated heterocycles. The SMILES string of the molecule is c1ccc(CN2C[C@@H]3CCCC[C@H](NCc4nnc5ccccn45)[C@H]3C2)cc1. The Hall–Kier alpha value is -2.24. The lowest BCUT2D eigenvalue weighted by molar-refractivity contribution is 0.280. The lowest BCUT2D eigenvalue weighted by Crippen LogP contribution is -2.39. The smallest absolute Gasteiger partial charge is 0.160 e. The van der Waals surface area contributed by atoms with E-state index in [0.717, 1.165) is 36.4 Å². The van der Waals surface area contributed by atoms with E-state index in [1.54, 1.807) is 0 Å². The van der Waals surface area contributed by atoms with Gasteiger partial charge in [-0.3, -0.25) is 9.30 Å². The molecular formula is C23H29N5. The van der Waals surface area contributed by atoms with Gasteiger partial charge in [0.2, 0.25) is 0 Å². The van der Waals surface area contributed by atoms with Gasteiger partial charge in [-0.1, -0.05) is 49.2 Å². The molecule has 146 valence electrons. The molecular weight excluding hydrogens is 346 g/mol. The van der Waals surface area contributed by atoms with E-state index < -0.39 is 0 Å². The van der Waals surface area contributed by atoms with E-state index in [9.17, 15) is 0 Å². The predicted octanol–water partition coefficient (Wildman–Crippen LogP) is 3.51. The molecule has 3 aromatic rings. The lowest BCUT2D eigenvalue weighted by Gasteiger charge is -2.26. The van der Waals surface area contributed by atoms with E-state index >= 15 is 0 Å². The number of likely N-dealkylation sites (tertiary alicyclic amines) is 1. The molecule has 1 aliphatic heterocycles. The first-order valence-corrected chi connectivity index (χ1v) is 10.6. The molecule has 0 unspecified atom stereocenters. The van der Waals surface area contributed by atoms with E-state index in [2.05, 4.69) is 61.3 Å². The maximum Gasteiger partial charge on any atom is 0.160 e. The highest BCUT2D eigenvalue weighted by Gasteiger charge is 2.38. The molecule has 1 aromatic carbocycles. The summed E-state index contributed by atoms with van der Waals surface area (Å²) in [6.45, 7) is 4.32. The zero-order chi connectivity index (χ0) is 18.8. The number of aromatic nitrogens is 3. The molecule has 1 aliphatic carbocycles. The van der Waals surface area contributed by atoms with E-state index in [0.29, 0.717) is 6.04 Å². The number of hydrogen-bond acceptors (Lipinski definition) is 4. The monoisotopic (exact) mass is 375 g/mol. The second-order valence-electron chi connectivity index (χ2n) is 8.42.